The summed E-state index contributed by atoms with van der Waals surface area (Å²) < 4.78 is 0. The molecule has 3 atom stereocenters. The molecule has 2 rings (SSSR count). The zero-order valence-electron chi connectivity index (χ0n) is 13.5. The summed E-state index contributed by atoms with van der Waals surface area (Å²) in [6, 6.07) is 2.08. The van der Waals surface area contributed by atoms with Gasteiger partial charge in [-0.3, -0.25) is 10.1 Å². The molecule has 1 saturated heterocycles. The molecule has 0 spiro atoms. The van der Waals surface area contributed by atoms with Gasteiger partial charge in [0.15, 0.2) is 0 Å². The highest BCUT2D eigenvalue weighted by molar-refractivity contribution is 7.07. The fourth-order valence-corrected chi connectivity index (χ4v) is 3.46. The highest BCUT2D eigenvalue weighted by atomic mass is 32.1. The Morgan fingerprint density at radius 3 is 2.81 bits per heavy atom. The number of thiophene rings is 1. The van der Waals surface area contributed by atoms with Crippen molar-refractivity contribution in [2.24, 2.45) is 5.92 Å². The molecule has 0 bridgehead atoms. The van der Waals surface area contributed by atoms with Crippen molar-refractivity contribution >= 4 is 17.2 Å². The summed E-state index contributed by atoms with van der Waals surface area (Å²) >= 11 is 1.69. The third-order valence-electron chi connectivity index (χ3n) is 4.27. The molecule has 1 N–H and O–H groups in total. The van der Waals surface area contributed by atoms with Gasteiger partial charge < -0.3 is 9.80 Å². The van der Waals surface area contributed by atoms with Crippen molar-refractivity contribution in [3.63, 3.8) is 0 Å². The van der Waals surface area contributed by atoms with Gasteiger partial charge >= 0.3 is 0 Å². The molecule has 1 fully saturated rings. The maximum atomic E-state index is 12.7. The van der Waals surface area contributed by atoms with Crippen molar-refractivity contribution in [1.82, 2.24) is 15.1 Å². The molecule has 1 amide bonds. The number of hydrogen-bond donors (Lipinski definition) is 1. The average Bonchev–Trinajstić information content (AvgIpc) is 3.07. The molecule has 5 heteroatoms. The van der Waals surface area contributed by atoms with Crippen LogP contribution in [-0.4, -0.2) is 48.9 Å². The standard InChI is InChI=1S/C16H27N3OS/c1-5-12(2)14-16(20)19(9-6-8-18(3)4)15(17-14)13-7-10-21-11-13/h7,10-12,14-15,17H,5-6,8-9H2,1-4H3. The van der Waals surface area contributed by atoms with Crippen LogP contribution in [0.4, 0.5) is 0 Å². The van der Waals surface area contributed by atoms with Crippen molar-refractivity contribution < 1.29 is 4.79 Å². The fraction of sp³-hybridized carbons (Fsp3) is 0.688. The predicted octanol–water partition coefficient (Wildman–Crippen LogP) is 2.54. The summed E-state index contributed by atoms with van der Waals surface area (Å²) in [7, 11) is 4.14. The minimum atomic E-state index is -0.0424. The number of rotatable bonds is 7. The molecule has 0 radical (unpaired) electrons. The minimum absolute atomic E-state index is 0.0424. The molecule has 21 heavy (non-hydrogen) atoms. The number of nitrogens with zero attached hydrogens (tertiary/aromatic N) is 2. The summed E-state index contributed by atoms with van der Waals surface area (Å²) in [4.78, 5) is 16.9. The van der Waals surface area contributed by atoms with E-state index in [-0.39, 0.29) is 18.1 Å². The largest absolute Gasteiger partial charge is 0.321 e. The van der Waals surface area contributed by atoms with Crippen LogP contribution < -0.4 is 5.32 Å². The summed E-state index contributed by atoms with van der Waals surface area (Å²) in [6.45, 7) is 6.13. The molecule has 1 aromatic rings. The lowest BCUT2D eigenvalue weighted by Crippen LogP contribution is -2.36. The number of carbonyl (C=O) groups is 1. The zero-order chi connectivity index (χ0) is 15.4. The third kappa shape index (κ3) is 3.84. The molecule has 1 aliphatic rings. The highest BCUT2D eigenvalue weighted by Crippen LogP contribution is 2.30. The number of hydrogen-bond acceptors (Lipinski definition) is 4. The van der Waals surface area contributed by atoms with E-state index in [2.05, 4.69) is 55.0 Å². The Morgan fingerprint density at radius 1 is 1.48 bits per heavy atom. The molecular formula is C16H27N3OS. The summed E-state index contributed by atoms with van der Waals surface area (Å²) in [5, 5.41) is 7.77. The van der Waals surface area contributed by atoms with Gasteiger partial charge in [0, 0.05) is 6.54 Å². The highest BCUT2D eigenvalue weighted by Gasteiger charge is 2.41. The van der Waals surface area contributed by atoms with E-state index >= 15 is 0 Å². The van der Waals surface area contributed by atoms with Gasteiger partial charge in [-0.1, -0.05) is 20.3 Å². The van der Waals surface area contributed by atoms with Crippen LogP contribution in [0.2, 0.25) is 0 Å². The van der Waals surface area contributed by atoms with E-state index in [1.54, 1.807) is 11.3 Å². The fourth-order valence-electron chi connectivity index (χ4n) is 2.78. The average molecular weight is 309 g/mol. The van der Waals surface area contributed by atoms with Gasteiger partial charge in [-0.2, -0.15) is 11.3 Å². The Balaban J connectivity index is 2.10. The Kier molecular flexibility index (Phi) is 5.79. The number of carbonyl (C=O) groups excluding carboxylic acids is 1. The van der Waals surface area contributed by atoms with E-state index < -0.39 is 0 Å². The molecule has 118 valence electrons. The van der Waals surface area contributed by atoms with Gasteiger partial charge in [0.1, 0.15) is 6.17 Å². The summed E-state index contributed by atoms with van der Waals surface area (Å²) in [5.74, 6) is 0.636. The van der Waals surface area contributed by atoms with Gasteiger partial charge in [0.2, 0.25) is 5.91 Å². The molecule has 3 unspecified atom stereocenters. The lowest BCUT2D eigenvalue weighted by atomic mass is 9.99. The molecular weight excluding hydrogens is 282 g/mol. The van der Waals surface area contributed by atoms with Crippen LogP contribution in [0, 0.1) is 5.92 Å². The van der Waals surface area contributed by atoms with E-state index in [0.717, 1.165) is 25.9 Å². The topological polar surface area (TPSA) is 35.6 Å². The van der Waals surface area contributed by atoms with Gasteiger partial charge in [-0.15, -0.1) is 0 Å². The SMILES string of the molecule is CCC(C)C1NC(c2ccsc2)N(CCCN(C)C)C1=O. The Bertz CT molecular complexity index is 446. The van der Waals surface area contributed by atoms with Crippen molar-refractivity contribution in [3.8, 4) is 0 Å². The Morgan fingerprint density at radius 2 is 2.24 bits per heavy atom. The van der Waals surface area contributed by atoms with Crippen LogP contribution >= 0.6 is 11.3 Å². The maximum absolute atomic E-state index is 12.7. The van der Waals surface area contributed by atoms with Crippen molar-refractivity contribution in [1.29, 1.82) is 0 Å². The first kappa shape index (κ1) is 16.5. The molecule has 4 nitrogen and oxygen atoms in total. The Hall–Kier alpha value is -0.910. The normalized spacial score (nSPS) is 24.0. The second-order valence-electron chi connectivity index (χ2n) is 6.18. The van der Waals surface area contributed by atoms with Crippen LogP contribution in [-0.2, 0) is 4.79 Å². The molecule has 0 aliphatic carbocycles. The second-order valence-corrected chi connectivity index (χ2v) is 6.96. The van der Waals surface area contributed by atoms with E-state index in [1.807, 2.05) is 4.90 Å². The van der Waals surface area contributed by atoms with E-state index in [1.165, 1.54) is 5.56 Å². The predicted molar refractivity (Wildman–Crippen MR) is 88.3 cm³/mol. The van der Waals surface area contributed by atoms with Crippen LogP contribution in [0.15, 0.2) is 16.8 Å². The van der Waals surface area contributed by atoms with Crippen LogP contribution in [0.5, 0.6) is 0 Å². The van der Waals surface area contributed by atoms with E-state index in [4.69, 9.17) is 0 Å². The first-order valence-corrected chi connectivity index (χ1v) is 8.72. The number of amides is 1. The van der Waals surface area contributed by atoms with E-state index in [0.29, 0.717) is 5.92 Å². The molecule has 1 aliphatic heterocycles. The summed E-state index contributed by atoms with van der Waals surface area (Å²) in [6.07, 6.45) is 2.07. The maximum Gasteiger partial charge on any atom is 0.241 e. The van der Waals surface area contributed by atoms with Crippen LogP contribution in [0.3, 0.4) is 0 Å². The van der Waals surface area contributed by atoms with E-state index in [9.17, 15) is 4.79 Å². The molecule has 0 saturated carbocycles. The van der Waals surface area contributed by atoms with Crippen LogP contribution in [0.25, 0.3) is 0 Å². The van der Waals surface area contributed by atoms with Gasteiger partial charge in [0.05, 0.1) is 6.04 Å². The summed E-state index contributed by atoms with van der Waals surface area (Å²) in [5.41, 5.74) is 1.21. The van der Waals surface area contributed by atoms with Crippen LogP contribution in [0.1, 0.15) is 38.4 Å². The minimum Gasteiger partial charge on any atom is -0.321 e. The molecule has 2 heterocycles. The lowest BCUT2D eigenvalue weighted by Gasteiger charge is -2.24. The van der Waals surface area contributed by atoms with Crippen molar-refractivity contribution in [2.45, 2.75) is 38.9 Å². The quantitative estimate of drug-likeness (QED) is 0.841. The lowest BCUT2D eigenvalue weighted by molar-refractivity contribution is -0.131. The zero-order valence-corrected chi connectivity index (χ0v) is 14.3. The molecule has 0 aromatic carbocycles. The molecule has 1 aromatic heterocycles. The third-order valence-corrected chi connectivity index (χ3v) is 4.98. The first-order chi connectivity index (χ1) is 10.0. The monoisotopic (exact) mass is 309 g/mol. The Labute approximate surface area is 132 Å². The number of nitrogens with one attached hydrogen (secondary N) is 1. The smallest absolute Gasteiger partial charge is 0.241 e. The second kappa shape index (κ2) is 7.38. The van der Waals surface area contributed by atoms with Crippen molar-refractivity contribution in [2.75, 3.05) is 27.2 Å². The van der Waals surface area contributed by atoms with Gasteiger partial charge in [0.25, 0.3) is 0 Å². The van der Waals surface area contributed by atoms with Gasteiger partial charge in [-0.25, -0.2) is 0 Å². The first-order valence-electron chi connectivity index (χ1n) is 7.78. The van der Waals surface area contributed by atoms with Crippen molar-refractivity contribution in [3.05, 3.63) is 22.4 Å². The van der Waals surface area contributed by atoms with Gasteiger partial charge in [-0.05, 0) is 55.4 Å².